The molecule has 0 atom stereocenters. The Labute approximate surface area is 110 Å². The fraction of sp³-hybridized carbons (Fsp3) is 0.308. The number of nitrogens with zero attached hydrogens (tertiary/aromatic N) is 2. The van der Waals surface area contributed by atoms with Gasteiger partial charge in [0, 0.05) is 11.6 Å². The van der Waals surface area contributed by atoms with Crippen molar-refractivity contribution in [1.29, 1.82) is 0 Å². The van der Waals surface area contributed by atoms with Crippen LogP contribution in [-0.2, 0) is 6.61 Å². The minimum absolute atomic E-state index is 0.201. The molecule has 0 unspecified atom stereocenters. The van der Waals surface area contributed by atoms with Gasteiger partial charge in [-0.3, -0.25) is 0 Å². The summed E-state index contributed by atoms with van der Waals surface area (Å²) in [7, 11) is 1.59. The van der Waals surface area contributed by atoms with Crippen molar-refractivity contribution in [2.45, 2.75) is 13.5 Å². The molecule has 19 heavy (non-hydrogen) atoms. The summed E-state index contributed by atoms with van der Waals surface area (Å²) in [5.41, 5.74) is 0.856. The van der Waals surface area contributed by atoms with Crippen molar-refractivity contribution >= 4 is 0 Å². The number of methoxy groups -OCH3 is 1. The molecule has 0 N–H and O–H groups in total. The van der Waals surface area contributed by atoms with Crippen molar-refractivity contribution in [1.82, 2.24) is 10.0 Å². The van der Waals surface area contributed by atoms with Crippen molar-refractivity contribution in [2.75, 3.05) is 13.7 Å². The molecule has 2 rings (SSSR count). The lowest BCUT2D eigenvalue weighted by Crippen LogP contribution is -2.01. The van der Waals surface area contributed by atoms with E-state index >= 15 is 0 Å². The molecule has 0 radical (unpaired) electrons. The quantitative estimate of drug-likeness (QED) is 0.806. The van der Waals surface area contributed by atoms with Crippen LogP contribution in [0.4, 0.5) is 4.48 Å². The molecule has 2 aromatic rings. The molecule has 1 aromatic heterocycles. The SMILES string of the molecule is CCOc1cc(OC)ccc1COc1cnn(F)c1. The molecule has 0 aliphatic rings. The van der Waals surface area contributed by atoms with Gasteiger partial charge in [-0.05, 0) is 19.1 Å². The monoisotopic (exact) mass is 266 g/mol. The first-order valence-corrected chi connectivity index (χ1v) is 5.86. The van der Waals surface area contributed by atoms with Gasteiger partial charge in [-0.2, -0.15) is 0 Å². The molecular weight excluding hydrogens is 251 g/mol. The van der Waals surface area contributed by atoms with Crippen molar-refractivity contribution < 1.29 is 18.7 Å². The summed E-state index contributed by atoms with van der Waals surface area (Å²) in [5, 5.41) is 3.39. The average molecular weight is 266 g/mol. The predicted octanol–water partition coefficient (Wildman–Crippen LogP) is 2.60. The number of aromatic nitrogens is 2. The smallest absolute Gasteiger partial charge is 0.160 e. The van der Waals surface area contributed by atoms with Crippen LogP contribution in [0.1, 0.15) is 12.5 Å². The molecular formula is C13H15FN2O3. The van der Waals surface area contributed by atoms with E-state index in [-0.39, 0.29) is 11.5 Å². The topological polar surface area (TPSA) is 45.5 Å². The fourth-order valence-corrected chi connectivity index (χ4v) is 1.59. The Kier molecular flexibility index (Phi) is 4.22. The molecule has 1 aromatic carbocycles. The number of hydrogen-bond acceptors (Lipinski definition) is 4. The molecule has 0 amide bonds. The van der Waals surface area contributed by atoms with E-state index in [0.717, 1.165) is 11.8 Å². The summed E-state index contributed by atoms with van der Waals surface area (Å²) in [6, 6.07) is 5.46. The zero-order valence-electron chi connectivity index (χ0n) is 10.8. The van der Waals surface area contributed by atoms with Crippen LogP contribution in [0.25, 0.3) is 0 Å². The van der Waals surface area contributed by atoms with Crippen LogP contribution >= 0.6 is 0 Å². The van der Waals surface area contributed by atoms with Crippen LogP contribution in [-0.4, -0.2) is 23.7 Å². The minimum Gasteiger partial charge on any atom is -0.497 e. The van der Waals surface area contributed by atoms with Crippen LogP contribution in [0.3, 0.4) is 0 Å². The van der Waals surface area contributed by atoms with E-state index in [4.69, 9.17) is 14.2 Å². The van der Waals surface area contributed by atoms with Gasteiger partial charge < -0.3 is 14.2 Å². The van der Waals surface area contributed by atoms with Crippen LogP contribution in [0.15, 0.2) is 30.6 Å². The van der Waals surface area contributed by atoms with E-state index in [2.05, 4.69) is 5.10 Å². The molecule has 102 valence electrons. The Balaban J connectivity index is 2.10. The van der Waals surface area contributed by atoms with Gasteiger partial charge >= 0.3 is 0 Å². The second-order valence-electron chi connectivity index (χ2n) is 3.76. The molecule has 1 heterocycles. The molecule has 0 aliphatic carbocycles. The summed E-state index contributed by atoms with van der Waals surface area (Å²) in [5.74, 6) is 1.76. The van der Waals surface area contributed by atoms with Crippen LogP contribution < -0.4 is 14.2 Å². The normalized spacial score (nSPS) is 10.3. The van der Waals surface area contributed by atoms with E-state index in [1.165, 1.54) is 6.20 Å². The maximum atomic E-state index is 12.6. The lowest BCUT2D eigenvalue weighted by molar-refractivity contribution is 0.280. The van der Waals surface area contributed by atoms with Crippen LogP contribution in [0.5, 0.6) is 17.2 Å². The molecule has 0 spiro atoms. The predicted molar refractivity (Wildman–Crippen MR) is 67.2 cm³/mol. The van der Waals surface area contributed by atoms with Crippen molar-refractivity contribution in [2.24, 2.45) is 0 Å². The van der Waals surface area contributed by atoms with Gasteiger partial charge in [-0.1, -0.05) is 9.39 Å². The number of ether oxygens (including phenoxy) is 3. The molecule has 0 bridgehead atoms. The van der Waals surface area contributed by atoms with Gasteiger partial charge in [-0.15, -0.1) is 5.10 Å². The van der Waals surface area contributed by atoms with Crippen molar-refractivity contribution in [3.8, 4) is 17.2 Å². The maximum Gasteiger partial charge on any atom is 0.160 e. The Morgan fingerprint density at radius 2 is 2.11 bits per heavy atom. The zero-order valence-corrected chi connectivity index (χ0v) is 10.8. The molecule has 6 heteroatoms. The second-order valence-corrected chi connectivity index (χ2v) is 3.76. The first kappa shape index (κ1) is 13.2. The summed E-state index contributed by atoms with van der Waals surface area (Å²) >= 11 is 0. The number of benzene rings is 1. The third-order valence-corrected chi connectivity index (χ3v) is 2.50. The highest BCUT2D eigenvalue weighted by Crippen LogP contribution is 2.26. The first-order valence-electron chi connectivity index (χ1n) is 5.86. The minimum atomic E-state index is 0.201. The van der Waals surface area contributed by atoms with Gasteiger partial charge in [0.1, 0.15) is 24.3 Å². The number of rotatable bonds is 6. The Morgan fingerprint density at radius 1 is 1.26 bits per heavy atom. The van der Waals surface area contributed by atoms with Gasteiger partial charge in [0.2, 0.25) is 0 Å². The number of hydrogen-bond donors (Lipinski definition) is 0. The molecule has 0 fully saturated rings. The van der Waals surface area contributed by atoms with Gasteiger partial charge in [0.05, 0.1) is 19.9 Å². The van der Waals surface area contributed by atoms with Gasteiger partial charge in [-0.25, -0.2) is 0 Å². The first-order chi connectivity index (χ1) is 9.22. The molecule has 0 saturated heterocycles. The largest absolute Gasteiger partial charge is 0.497 e. The number of halogens is 1. The van der Waals surface area contributed by atoms with E-state index in [9.17, 15) is 4.48 Å². The Bertz CT molecular complexity index is 542. The molecule has 0 aliphatic heterocycles. The highest BCUT2D eigenvalue weighted by Gasteiger charge is 2.07. The van der Waals surface area contributed by atoms with E-state index in [1.54, 1.807) is 13.2 Å². The Hall–Kier alpha value is -2.24. The summed E-state index contributed by atoms with van der Waals surface area (Å²) < 4.78 is 28.7. The highest BCUT2D eigenvalue weighted by molar-refractivity contribution is 5.40. The third kappa shape index (κ3) is 3.37. The van der Waals surface area contributed by atoms with E-state index in [0.29, 0.717) is 23.9 Å². The van der Waals surface area contributed by atoms with Gasteiger partial charge in [0.15, 0.2) is 5.75 Å². The summed E-state index contributed by atoms with van der Waals surface area (Å²) in [6.45, 7) is 2.71. The maximum absolute atomic E-state index is 12.6. The fourth-order valence-electron chi connectivity index (χ4n) is 1.59. The molecule has 0 saturated carbocycles. The molecule has 5 nitrogen and oxygen atoms in total. The van der Waals surface area contributed by atoms with Crippen molar-refractivity contribution in [3.05, 3.63) is 36.2 Å². The van der Waals surface area contributed by atoms with Crippen LogP contribution in [0, 0.1) is 0 Å². The third-order valence-electron chi connectivity index (χ3n) is 2.50. The van der Waals surface area contributed by atoms with Crippen molar-refractivity contribution in [3.63, 3.8) is 0 Å². The second kappa shape index (κ2) is 6.08. The zero-order chi connectivity index (χ0) is 13.7. The lowest BCUT2D eigenvalue weighted by atomic mass is 10.2. The standard InChI is InChI=1S/C13H15FN2O3/c1-3-18-13-6-11(17-2)5-4-10(13)9-19-12-7-15-16(14)8-12/h4-8H,3,9H2,1-2H3. The summed E-state index contributed by atoms with van der Waals surface area (Å²) in [6.07, 6.45) is 2.47. The van der Waals surface area contributed by atoms with Gasteiger partial charge in [0.25, 0.3) is 0 Å². The average Bonchev–Trinajstić information content (AvgIpc) is 2.83. The summed E-state index contributed by atoms with van der Waals surface area (Å²) in [4.78, 5) is 0.201. The van der Waals surface area contributed by atoms with E-state index in [1.807, 2.05) is 19.1 Å². The Morgan fingerprint density at radius 3 is 2.74 bits per heavy atom. The van der Waals surface area contributed by atoms with Crippen LogP contribution in [0.2, 0.25) is 0 Å². The highest BCUT2D eigenvalue weighted by atomic mass is 19.2. The van der Waals surface area contributed by atoms with E-state index < -0.39 is 0 Å². The lowest BCUT2D eigenvalue weighted by Gasteiger charge is -2.12.